The van der Waals surface area contributed by atoms with Crippen LogP contribution in [0.25, 0.3) is 6.08 Å². The van der Waals surface area contributed by atoms with Crippen LogP contribution in [0.5, 0.6) is 11.5 Å². The van der Waals surface area contributed by atoms with Gasteiger partial charge in [0.25, 0.3) is 0 Å². The molecule has 1 aliphatic rings. The number of methoxy groups -OCH3 is 2. The molecule has 0 bridgehead atoms. The molecule has 0 fully saturated rings. The van der Waals surface area contributed by atoms with Crippen molar-refractivity contribution in [1.82, 2.24) is 0 Å². The Balaban J connectivity index is 1.86. The van der Waals surface area contributed by atoms with Gasteiger partial charge in [-0.25, -0.2) is 4.79 Å². The molecule has 3 rings (SSSR count). The van der Waals surface area contributed by atoms with Crippen LogP contribution in [0.3, 0.4) is 0 Å². The van der Waals surface area contributed by atoms with Crippen LogP contribution in [-0.2, 0) is 11.2 Å². The van der Waals surface area contributed by atoms with Gasteiger partial charge in [0.05, 0.1) is 19.8 Å². The van der Waals surface area contributed by atoms with E-state index in [0.29, 0.717) is 16.5 Å². The summed E-state index contributed by atoms with van der Waals surface area (Å²) in [7, 11) is 3.11. The van der Waals surface area contributed by atoms with Crippen molar-refractivity contribution in [3.63, 3.8) is 0 Å². The van der Waals surface area contributed by atoms with Crippen molar-refractivity contribution in [3.05, 3.63) is 45.8 Å². The zero-order valence-electron chi connectivity index (χ0n) is 18.6. The van der Waals surface area contributed by atoms with Crippen LogP contribution in [0, 0.1) is 5.41 Å². The van der Waals surface area contributed by atoms with Crippen molar-refractivity contribution < 1.29 is 24.2 Å². The average molecular weight is 444 g/mol. The minimum Gasteiger partial charge on any atom is -0.493 e. The summed E-state index contributed by atoms with van der Waals surface area (Å²) in [6, 6.07) is 5.34. The maximum absolute atomic E-state index is 12.6. The molecule has 0 radical (unpaired) electrons. The van der Waals surface area contributed by atoms with Crippen LogP contribution < -0.4 is 14.8 Å². The number of hydrogen-bond acceptors (Lipinski definition) is 5. The fourth-order valence-electron chi connectivity index (χ4n) is 4.10. The highest BCUT2D eigenvalue weighted by atomic mass is 32.1. The predicted octanol–water partition coefficient (Wildman–Crippen LogP) is 5.58. The van der Waals surface area contributed by atoms with Gasteiger partial charge in [0.1, 0.15) is 5.00 Å². The minimum absolute atomic E-state index is 0.0466. The lowest BCUT2D eigenvalue weighted by Crippen LogP contribution is -2.24. The molecule has 1 amide bonds. The minimum atomic E-state index is -0.993. The lowest BCUT2D eigenvalue weighted by Gasteiger charge is -2.34. The summed E-state index contributed by atoms with van der Waals surface area (Å²) in [6.07, 6.45) is 5.89. The van der Waals surface area contributed by atoms with Crippen LogP contribution in [0.4, 0.5) is 5.00 Å². The number of rotatable bonds is 6. The number of benzene rings is 1. The Hall–Kier alpha value is -2.80. The second-order valence-corrected chi connectivity index (χ2v) is 9.80. The molecular formula is C24H29NO5S. The molecular weight excluding hydrogens is 414 g/mol. The second kappa shape index (κ2) is 9.14. The van der Waals surface area contributed by atoms with Crippen molar-refractivity contribution >= 4 is 34.3 Å². The zero-order valence-corrected chi connectivity index (χ0v) is 19.4. The van der Waals surface area contributed by atoms with Crippen molar-refractivity contribution in [1.29, 1.82) is 0 Å². The fourth-order valence-corrected chi connectivity index (χ4v) is 5.40. The summed E-state index contributed by atoms with van der Waals surface area (Å²) >= 11 is 1.39. The van der Waals surface area contributed by atoms with E-state index < -0.39 is 5.97 Å². The van der Waals surface area contributed by atoms with Crippen LogP contribution in [0.2, 0.25) is 0 Å². The van der Waals surface area contributed by atoms with E-state index in [1.165, 1.54) is 17.4 Å². The van der Waals surface area contributed by atoms with Gasteiger partial charge >= 0.3 is 5.97 Å². The molecule has 1 unspecified atom stereocenters. The molecule has 7 heteroatoms. The predicted molar refractivity (Wildman–Crippen MR) is 124 cm³/mol. The number of carbonyl (C=O) groups is 2. The van der Waals surface area contributed by atoms with E-state index in [4.69, 9.17) is 9.47 Å². The molecule has 0 aliphatic heterocycles. The van der Waals surface area contributed by atoms with E-state index in [1.807, 2.05) is 6.07 Å². The molecule has 2 aromatic rings. The number of carbonyl (C=O) groups excluding carboxylic acids is 1. The molecule has 6 nitrogen and oxygen atoms in total. The summed E-state index contributed by atoms with van der Waals surface area (Å²) in [6.45, 7) is 6.42. The highest BCUT2D eigenvalue weighted by molar-refractivity contribution is 7.17. The van der Waals surface area contributed by atoms with E-state index in [-0.39, 0.29) is 22.8 Å². The van der Waals surface area contributed by atoms with Gasteiger partial charge in [0.2, 0.25) is 5.91 Å². The first kappa shape index (κ1) is 22.9. The first-order valence-corrected chi connectivity index (χ1v) is 11.1. The largest absolute Gasteiger partial charge is 0.493 e. The number of aryl methyl sites for hydroxylation is 1. The normalized spacial score (nSPS) is 16.1. The van der Waals surface area contributed by atoms with E-state index in [2.05, 4.69) is 26.1 Å². The Morgan fingerprint density at radius 1 is 1.19 bits per heavy atom. The summed E-state index contributed by atoms with van der Waals surface area (Å²) < 4.78 is 10.5. The molecule has 31 heavy (non-hydrogen) atoms. The van der Waals surface area contributed by atoms with E-state index in [0.717, 1.165) is 35.3 Å². The van der Waals surface area contributed by atoms with E-state index in [1.54, 1.807) is 32.4 Å². The Morgan fingerprint density at radius 3 is 2.52 bits per heavy atom. The number of carboxylic acids is 1. The van der Waals surface area contributed by atoms with E-state index >= 15 is 0 Å². The number of thiophene rings is 1. The molecule has 1 atom stereocenters. The second-order valence-electron chi connectivity index (χ2n) is 8.70. The third-order valence-corrected chi connectivity index (χ3v) is 6.78. The summed E-state index contributed by atoms with van der Waals surface area (Å²) in [5.41, 5.74) is 1.86. The van der Waals surface area contributed by atoms with E-state index in [9.17, 15) is 14.7 Å². The highest BCUT2D eigenvalue weighted by Gasteiger charge is 2.37. The number of aromatic carboxylic acids is 1. The maximum atomic E-state index is 12.6. The monoisotopic (exact) mass is 443 g/mol. The topological polar surface area (TPSA) is 84.9 Å². The van der Waals surface area contributed by atoms with Crippen LogP contribution in [-0.4, -0.2) is 31.2 Å². The molecule has 0 saturated carbocycles. The number of ether oxygens (including phenoxy) is 2. The lowest BCUT2D eigenvalue weighted by molar-refractivity contribution is -0.111. The molecule has 1 aromatic carbocycles. The number of nitrogens with one attached hydrogen (secondary N) is 1. The Morgan fingerprint density at radius 2 is 1.90 bits per heavy atom. The summed E-state index contributed by atoms with van der Waals surface area (Å²) in [4.78, 5) is 25.8. The van der Waals surface area contributed by atoms with Crippen molar-refractivity contribution in [2.45, 2.75) is 46.0 Å². The van der Waals surface area contributed by atoms with Crippen LogP contribution >= 0.6 is 11.3 Å². The number of fused-ring (bicyclic) bond motifs is 1. The zero-order chi connectivity index (χ0) is 22.8. The molecule has 1 heterocycles. The Kier molecular flexibility index (Phi) is 6.74. The number of amides is 1. The molecule has 1 aliphatic carbocycles. The number of anilines is 1. The van der Waals surface area contributed by atoms with Crippen molar-refractivity contribution in [2.75, 3.05) is 19.5 Å². The molecule has 0 spiro atoms. The molecule has 2 N–H and O–H groups in total. The van der Waals surface area contributed by atoms with Gasteiger partial charge in [-0.3, -0.25) is 4.79 Å². The van der Waals surface area contributed by atoms with Gasteiger partial charge < -0.3 is 19.9 Å². The van der Waals surface area contributed by atoms with Gasteiger partial charge in [-0.05, 0) is 59.9 Å². The SMILES string of the molecule is COc1ccc(C=CC(=O)Nc2sc3c(c2C(=O)O)C(C(C)(C)C)CCC3)cc1OC. The standard InChI is InChI=1S/C24H29NO5S/c1-24(2,3)15-7-6-8-18-20(15)21(23(27)28)22(31-18)25-19(26)12-10-14-9-11-16(29-4)17(13-14)30-5/h9-13,15H,6-8H2,1-5H3,(H,25,26)(H,27,28). The third kappa shape index (κ3) is 4.93. The first-order valence-electron chi connectivity index (χ1n) is 10.3. The smallest absolute Gasteiger partial charge is 0.339 e. The van der Waals surface area contributed by atoms with Crippen LogP contribution in [0.15, 0.2) is 24.3 Å². The van der Waals surface area contributed by atoms with Crippen molar-refractivity contribution in [2.24, 2.45) is 5.41 Å². The Labute approximate surface area is 186 Å². The number of carboxylic acid groups (broad SMARTS) is 1. The molecule has 166 valence electrons. The maximum Gasteiger partial charge on any atom is 0.339 e. The van der Waals surface area contributed by atoms with Crippen molar-refractivity contribution in [3.8, 4) is 11.5 Å². The van der Waals surface area contributed by atoms with Gasteiger partial charge in [-0.15, -0.1) is 11.3 Å². The number of hydrogen-bond donors (Lipinski definition) is 2. The highest BCUT2D eigenvalue weighted by Crippen LogP contribution is 2.50. The average Bonchev–Trinajstić information content (AvgIpc) is 3.09. The third-order valence-electron chi connectivity index (χ3n) is 5.60. The van der Waals surface area contributed by atoms with Gasteiger partial charge in [0, 0.05) is 11.0 Å². The van der Waals surface area contributed by atoms with Crippen LogP contribution in [0.1, 0.15) is 65.9 Å². The van der Waals surface area contributed by atoms with Gasteiger partial charge in [-0.2, -0.15) is 0 Å². The quantitative estimate of drug-likeness (QED) is 0.569. The van der Waals surface area contributed by atoms with Gasteiger partial charge in [0.15, 0.2) is 11.5 Å². The lowest BCUT2D eigenvalue weighted by atomic mass is 9.70. The Bertz CT molecular complexity index is 1020. The molecule has 0 saturated heterocycles. The summed E-state index contributed by atoms with van der Waals surface area (Å²) in [5, 5.41) is 13.1. The fraction of sp³-hybridized carbons (Fsp3) is 0.417. The first-order chi connectivity index (χ1) is 14.7. The molecule has 1 aromatic heterocycles. The summed E-state index contributed by atoms with van der Waals surface area (Å²) in [5.74, 6) is -0.0345. The van der Waals surface area contributed by atoms with Gasteiger partial charge in [-0.1, -0.05) is 26.8 Å².